The van der Waals surface area contributed by atoms with Gasteiger partial charge >= 0.3 is 0 Å². The van der Waals surface area contributed by atoms with E-state index in [9.17, 15) is 0 Å². The molecule has 77 heavy (non-hydrogen) atoms. The summed E-state index contributed by atoms with van der Waals surface area (Å²) < 4.78 is 80.7. The van der Waals surface area contributed by atoms with Crippen LogP contribution in [0.2, 0.25) is 0 Å². The summed E-state index contributed by atoms with van der Waals surface area (Å²) >= 11 is 0. The highest BCUT2D eigenvalue weighted by molar-refractivity contribution is 7.19. The van der Waals surface area contributed by atoms with Crippen molar-refractivity contribution in [3.63, 3.8) is 0 Å². The molecule has 7 heteroatoms. The lowest BCUT2D eigenvalue weighted by atomic mass is 9.83. The van der Waals surface area contributed by atoms with Crippen LogP contribution in [-0.4, -0.2) is 27.2 Å². The summed E-state index contributed by atoms with van der Waals surface area (Å²) in [6.45, 7) is 3.99. The van der Waals surface area contributed by atoms with Gasteiger partial charge in [0.15, 0.2) is 13.9 Å². The van der Waals surface area contributed by atoms with Crippen LogP contribution in [0.4, 0.5) is 0 Å². The first-order valence-corrected chi connectivity index (χ1v) is 27.6. The number of fused-ring (bicyclic) bond motifs is 4. The van der Waals surface area contributed by atoms with E-state index in [0.717, 1.165) is 49.7 Å². The van der Waals surface area contributed by atoms with E-state index >= 15 is 0 Å². The number of hydrogen-bond acceptors (Lipinski definition) is 3. The number of benzene rings is 9. The van der Waals surface area contributed by atoms with Crippen LogP contribution in [0.1, 0.15) is 42.9 Å². The van der Waals surface area contributed by atoms with E-state index in [1.165, 1.54) is 33.0 Å². The smallest absolute Gasteiger partial charge is 0.271 e. The van der Waals surface area contributed by atoms with Crippen LogP contribution in [0.5, 0.6) is 11.5 Å². The zero-order chi connectivity index (χ0) is 58.9. The maximum absolute atomic E-state index is 8.67. The number of rotatable bonds is 11. The molecule has 0 saturated heterocycles. The first-order valence-electron chi connectivity index (χ1n) is 29.6. The molecule has 6 nitrogen and oxygen atoms in total. The van der Waals surface area contributed by atoms with Gasteiger partial charge in [-0.2, -0.15) is 0 Å². The van der Waals surface area contributed by atoms with E-state index < -0.39 is 45.1 Å². The van der Waals surface area contributed by atoms with Crippen LogP contribution in [0.25, 0.3) is 72.4 Å². The third-order valence-corrected chi connectivity index (χ3v) is 19.3. The quantitative estimate of drug-likeness (QED) is 0.0561. The molecule has 0 aliphatic rings. The molecular weight excluding hydrogens is 955 g/mol. The molecule has 0 radical (unpaired) electrons. The number of imidazole rings is 1. The maximum Gasteiger partial charge on any atom is 0.271 e. The summed E-state index contributed by atoms with van der Waals surface area (Å²) in [7, 11) is -2.88. The minimum Gasteiger partial charge on any atom is -0.458 e. The fraction of sp³-hybridized carbons (Fsp3) is 0.0714. The van der Waals surface area contributed by atoms with Crippen LogP contribution in [0.3, 0.4) is 0 Å². The van der Waals surface area contributed by atoms with Gasteiger partial charge in [-0.1, -0.05) is 227 Å². The molecular formula is C70H55N5OSi. The highest BCUT2D eigenvalue weighted by Gasteiger charge is 2.41. The van der Waals surface area contributed by atoms with Crippen LogP contribution in [0, 0.1) is 13.2 Å². The first kappa shape index (κ1) is 39.0. The lowest BCUT2D eigenvalue weighted by Crippen LogP contribution is -2.74. The van der Waals surface area contributed by atoms with Gasteiger partial charge in [0.2, 0.25) is 0 Å². The van der Waals surface area contributed by atoms with Crippen molar-refractivity contribution in [1.82, 2.24) is 19.1 Å². The molecule has 0 atom stereocenters. The predicted molar refractivity (Wildman–Crippen MR) is 318 cm³/mol. The Morgan fingerprint density at radius 1 is 0.532 bits per heavy atom. The second kappa shape index (κ2) is 19.4. The predicted octanol–water partition coefficient (Wildman–Crippen LogP) is 13.7. The van der Waals surface area contributed by atoms with Crippen LogP contribution >= 0.6 is 0 Å². The summed E-state index contributed by atoms with van der Waals surface area (Å²) in [5.41, 5.74) is 6.72. The van der Waals surface area contributed by atoms with Crippen molar-refractivity contribution >= 4 is 61.7 Å². The van der Waals surface area contributed by atoms with Crippen LogP contribution in [0.15, 0.2) is 261 Å². The molecule has 4 aromatic heterocycles. The molecule has 0 N–H and O–H groups in total. The normalized spacial score (nSPS) is 13.5. The maximum atomic E-state index is 8.67. The number of para-hydroxylation sites is 4. The van der Waals surface area contributed by atoms with Gasteiger partial charge < -0.3 is 4.74 Å². The van der Waals surface area contributed by atoms with Crippen LogP contribution in [-0.2, 0) is 5.41 Å². The molecule has 0 spiro atoms. The van der Waals surface area contributed by atoms with Gasteiger partial charge in [0, 0.05) is 45.0 Å². The van der Waals surface area contributed by atoms with Crippen molar-refractivity contribution in [1.29, 1.82) is 0 Å². The van der Waals surface area contributed by atoms with E-state index in [1.807, 2.05) is 69.8 Å². The highest BCUT2D eigenvalue weighted by atomic mass is 28.3. The third-order valence-electron chi connectivity index (χ3n) is 14.6. The Kier molecular flexibility index (Phi) is 9.82. The molecule has 4 heterocycles. The number of pyridine rings is 2. The Bertz CT molecular complexity index is 4610. The second-order valence-corrected chi connectivity index (χ2v) is 24.0. The zero-order valence-electron chi connectivity index (χ0n) is 50.6. The van der Waals surface area contributed by atoms with Crippen molar-refractivity contribution in [3.8, 4) is 51.1 Å². The molecule has 0 fully saturated rings. The van der Waals surface area contributed by atoms with Crippen molar-refractivity contribution in [2.24, 2.45) is 0 Å². The summed E-state index contributed by atoms with van der Waals surface area (Å²) in [4.78, 5) is 9.68. The molecule has 0 aliphatic carbocycles. The van der Waals surface area contributed by atoms with Gasteiger partial charge in [-0.3, -0.25) is 18.7 Å². The molecule has 13 rings (SSSR count). The fourth-order valence-corrected chi connectivity index (χ4v) is 15.9. The van der Waals surface area contributed by atoms with Crippen molar-refractivity contribution in [2.75, 3.05) is 0 Å². The highest BCUT2D eigenvalue weighted by Crippen LogP contribution is 2.38. The number of ether oxygens (including phenoxy) is 1. The van der Waals surface area contributed by atoms with Crippen molar-refractivity contribution in [2.45, 2.75) is 33.0 Å². The van der Waals surface area contributed by atoms with E-state index in [2.05, 4.69) is 177 Å². The Morgan fingerprint density at radius 3 is 1.88 bits per heavy atom. The molecule has 0 bridgehead atoms. The molecule has 0 unspecified atom stereocenters. The average Bonchev–Trinajstić information content (AvgIpc) is 2.13. The van der Waals surface area contributed by atoms with Crippen molar-refractivity contribution in [3.05, 3.63) is 278 Å². The number of aryl methyl sites for hydroxylation is 1. The Hall–Kier alpha value is -9.43. The Labute approximate surface area is 461 Å². The third kappa shape index (κ3) is 8.33. The van der Waals surface area contributed by atoms with E-state index in [-0.39, 0.29) is 27.9 Å². The second-order valence-electron chi connectivity index (χ2n) is 20.2. The molecule has 13 aromatic rings. The summed E-state index contributed by atoms with van der Waals surface area (Å²) in [5.74, 6) is 1.82. The molecule has 0 amide bonds. The van der Waals surface area contributed by atoms with Gasteiger partial charge in [-0.25, -0.2) is 4.98 Å². The fourth-order valence-electron chi connectivity index (χ4n) is 11.1. The Morgan fingerprint density at radius 2 is 1.17 bits per heavy atom. The van der Waals surface area contributed by atoms with Gasteiger partial charge in [-0.05, 0) is 91.2 Å². The van der Waals surface area contributed by atoms with Gasteiger partial charge in [0.25, 0.3) is 6.33 Å². The summed E-state index contributed by atoms with van der Waals surface area (Å²) in [6, 6.07) is 72.8. The standard InChI is InChI=1S/C70H55N5OSi/c1-49-43-68(72-47-61(49)50-23-9-5-10-24-50)75-63-36-18-17-33-59(63)60-40-39-52(45-66(60)75)76-53-41-42-71-67(46-53)73-48-74(65-38-20-19-37-64(65)73)69-58(34-22-35-62(69)70(2,3)4)51-25-21-32-57(44-51)77(54-26-11-6-12-27-54,55-28-13-7-14-29-55)56-30-15-8-16-31-56/h5-47H,1-4H3/i1D3,5D,9D,10D,23D,24D. The Balaban J connectivity index is 0.919. The van der Waals surface area contributed by atoms with Crippen molar-refractivity contribution < 1.29 is 20.3 Å². The monoisotopic (exact) mass is 1020 g/mol. The SMILES string of the molecule is [2H]c1c([2H])c([2H])c(-c2cnc(-n3c4ccccc4c4ccc(Oc5ccnc(-n6[c-][n+](-c7c(-c8cccc([Si](c9ccccc9)(c9ccccc9)c9ccccc9)c8)cccc7C(C)(C)C)c7ccccc76)c5)cc43)cc2C([2H])([2H])[2H])c([2H])c1[2H]. The van der Waals surface area contributed by atoms with Gasteiger partial charge in [0.05, 0.1) is 34.6 Å². The topological polar surface area (TPSA) is 48.8 Å². The summed E-state index contributed by atoms with van der Waals surface area (Å²) in [6.07, 6.45) is 6.79. The minimum atomic E-state index is -2.88. The largest absolute Gasteiger partial charge is 0.458 e. The van der Waals surface area contributed by atoms with Gasteiger partial charge in [0.1, 0.15) is 17.3 Å². The molecule has 0 saturated carbocycles. The summed E-state index contributed by atoms with van der Waals surface area (Å²) in [5, 5.41) is 6.90. The molecule has 370 valence electrons. The minimum absolute atomic E-state index is 0.0731. The lowest BCUT2D eigenvalue weighted by Gasteiger charge is -2.35. The molecule has 0 aliphatic heterocycles. The van der Waals surface area contributed by atoms with E-state index in [1.54, 1.807) is 12.3 Å². The first-order chi connectivity index (χ1) is 41.0. The average molecular weight is 1020 g/mol. The number of nitrogens with zero attached hydrogens (tertiary/aromatic N) is 5. The molecule has 9 aromatic carbocycles. The van der Waals surface area contributed by atoms with E-state index in [0.29, 0.717) is 22.8 Å². The number of aromatic nitrogens is 5. The van der Waals surface area contributed by atoms with Gasteiger partial charge in [-0.15, -0.1) is 0 Å². The van der Waals surface area contributed by atoms with E-state index in [4.69, 9.17) is 25.7 Å². The number of hydrogen-bond donors (Lipinski definition) is 0. The van der Waals surface area contributed by atoms with Crippen LogP contribution < -0.4 is 30.1 Å². The zero-order valence-corrected chi connectivity index (χ0v) is 43.6. The lowest BCUT2D eigenvalue weighted by molar-refractivity contribution is -0.572.